The second-order valence-corrected chi connectivity index (χ2v) is 6.29. The Morgan fingerprint density at radius 1 is 1.38 bits per heavy atom. The van der Waals surface area contributed by atoms with Crippen LogP contribution in [0.4, 0.5) is 0 Å². The number of halogens is 1. The van der Waals surface area contributed by atoms with Crippen molar-refractivity contribution in [1.82, 2.24) is 0 Å². The zero-order chi connectivity index (χ0) is 15.8. The molecule has 0 radical (unpaired) electrons. The predicted octanol–water partition coefficient (Wildman–Crippen LogP) is 3.15. The van der Waals surface area contributed by atoms with Gasteiger partial charge in [-0.3, -0.25) is 4.79 Å². The zero-order valence-corrected chi connectivity index (χ0v) is 13.6. The molecule has 0 aromatic carbocycles. The van der Waals surface area contributed by atoms with E-state index in [0.717, 1.165) is 18.4 Å². The Labute approximate surface area is 130 Å². The van der Waals surface area contributed by atoms with E-state index in [1.165, 1.54) is 7.11 Å². The standard InChI is InChI=1S/C16H21ClO4/c1-9-6-5-7-10(2)14(18)13(17)12-11(3)15(19)21-16(12,8-9)20-4/h6,10,13H,5,7-8H2,1-4H3/b9-6+/t10-,13+,16+/m1/s1. The van der Waals surface area contributed by atoms with Crippen molar-refractivity contribution in [3.05, 3.63) is 22.8 Å². The van der Waals surface area contributed by atoms with Crippen LogP contribution in [0.2, 0.25) is 0 Å². The summed E-state index contributed by atoms with van der Waals surface area (Å²) in [5, 5.41) is -0.891. The van der Waals surface area contributed by atoms with Gasteiger partial charge in [0.1, 0.15) is 5.38 Å². The van der Waals surface area contributed by atoms with Crippen molar-refractivity contribution in [3.63, 3.8) is 0 Å². The van der Waals surface area contributed by atoms with Gasteiger partial charge in [0.2, 0.25) is 5.79 Å². The van der Waals surface area contributed by atoms with Crippen molar-refractivity contribution >= 4 is 23.4 Å². The molecule has 0 aromatic heterocycles. The van der Waals surface area contributed by atoms with Gasteiger partial charge in [-0.25, -0.2) is 4.79 Å². The number of carbonyl (C=O) groups is 2. The van der Waals surface area contributed by atoms with Gasteiger partial charge in [0, 0.05) is 30.6 Å². The van der Waals surface area contributed by atoms with Crippen LogP contribution in [0.1, 0.15) is 40.0 Å². The molecule has 116 valence electrons. The van der Waals surface area contributed by atoms with Gasteiger partial charge in [0.05, 0.1) is 0 Å². The number of hydrogen-bond acceptors (Lipinski definition) is 4. The van der Waals surface area contributed by atoms with E-state index in [4.69, 9.17) is 21.1 Å². The van der Waals surface area contributed by atoms with Gasteiger partial charge in [-0.2, -0.15) is 0 Å². The number of ketones is 1. The van der Waals surface area contributed by atoms with E-state index in [2.05, 4.69) is 6.08 Å². The van der Waals surface area contributed by atoms with Crippen LogP contribution in [0, 0.1) is 5.92 Å². The number of fused-ring (bicyclic) bond motifs is 1. The Kier molecular flexibility index (Phi) is 4.59. The Morgan fingerprint density at radius 3 is 2.67 bits per heavy atom. The SMILES string of the molecule is CO[C@]12C/C(C)=C/CC[C@@H](C)C(=O)[C@@H](Cl)C1=C(C)C(=O)O2. The van der Waals surface area contributed by atoms with Crippen molar-refractivity contribution in [2.75, 3.05) is 7.11 Å². The fraction of sp³-hybridized carbons (Fsp3) is 0.625. The second kappa shape index (κ2) is 5.93. The number of allylic oxidation sites excluding steroid dienone is 1. The highest BCUT2D eigenvalue weighted by molar-refractivity contribution is 6.34. The first-order valence-corrected chi connectivity index (χ1v) is 7.59. The summed E-state index contributed by atoms with van der Waals surface area (Å²) in [6, 6.07) is 0. The van der Waals surface area contributed by atoms with Crippen LogP contribution in [0.25, 0.3) is 0 Å². The topological polar surface area (TPSA) is 52.6 Å². The maximum absolute atomic E-state index is 12.5. The molecule has 0 unspecified atom stereocenters. The minimum Gasteiger partial charge on any atom is -0.425 e. The first-order valence-electron chi connectivity index (χ1n) is 7.15. The molecule has 3 atom stereocenters. The lowest BCUT2D eigenvalue weighted by molar-refractivity contribution is -0.192. The smallest absolute Gasteiger partial charge is 0.336 e. The van der Waals surface area contributed by atoms with Crippen molar-refractivity contribution in [1.29, 1.82) is 0 Å². The van der Waals surface area contributed by atoms with Gasteiger partial charge in [-0.15, -0.1) is 11.6 Å². The number of esters is 1. The molecule has 4 nitrogen and oxygen atoms in total. The fourth-order valence-corrected chi connectivity index (χ4v) is 3.51. The van der Waals surface area contributed by atoms with Gasteiger partial charge < -0.3 is 9.47 Å². The molecule has 5 heteroatoms. The number of rotatable bonds is 1. The normalized spacial score (nSPS) is 36.9. The Morgan fingerprint density at radius 2 is 2.05 bits per heavy atom. The third kappa shape index (κ3) is 2.79. The number of ether oxygens (including phenoxy) is 2. The predicted molar refractivity (Wildman–Crippen MR) is 80.0 cm³/mol. The molecule has 0 saturated carbocycles. The molecule has 0 fully saturated rings. The van der Waals surface area contributed by atoms with E-state index >= 15 is 0 Å². The van der Waals surface area contributed by atoms with E-state index in [-0.39, 0.29) is 11.7 Å². The first kappa shape index (κ1) is 16.2. The van der Waals surface area contributed by atoms with Crippen LogP contribution >= 0.6 is 11.6 Å². The highest BCUT2D eigenvalue weighted by Gasteiger charge is 2.51. The summed E-state index contributed by atoms with van der Waals surface area (Å²) in [5.74, 6) is -1.97. The summed E-state index contributed by atoms with van der Waals surface area (Å²) in [4.78, 5) is 24.5. The molecule has 0 aromatic rings. The van der Waals surface area contributed by atoms with E-state index in [1.54, 1.807) is 6.92 Å². The molecule has 1 aliphatic heterocycles. The monoisotopic (exact) mass is 312 g/mol. The molecular weight excluding hydrogens is 292 g/mol. The molecule has 0 bridgehead atoms. The number of Topliss-reactive ketones (excluding diaryl/α,β-unsaturated/α-hetero) is 1. The lowest BCUT2D eigenvalue weighted by atomic mass is 9.86. The number of hydrogen-bond donors (Lipinski definition) is 0. The summed E-state index contributed by atoms with van der Waals surface area (Å²) in [6.45, 7) is 5.47. The van der Waals surface area contributed by atoms with Gasteiger partial charge in [-0.1, -0.05) is 18.6 Å². The lowest BCUT2D eigenvalue weighted by Gasteiger charge is -2.32. The number of methoxy groups -OCH3 is 1. The zero-order valence-electron chi connectivity index (χ0n) is 12.9. The fourth-order valence-electron chi connectivity index (χ4n) is 2.97. The molecule has 0 saturated heterocycles. The highest BCUT2D eigenvalue weighted by atomic mass is 35.5. The molecule has 0 amide bonds. The average molecular weight is 313 g/mol. The van der Waals surface area contributed by atoms with Crippen molar-refractivity contribution in [2.24, 2.45) is 5.92 Å². The third-order valence-electron chi connectivity index (χ3n) is 4.30. The van der Waals surface area contributed by atoms with Crippen LogP contribution in [0.15, 0.2) is 22.8 Å². The second-order valence-electron chi connectivity index (χ2n) is 5.86. The molecule has 1 heterocycles. The minimum atomic E-state index is -1.25. The summed E-state index contributed by atoms with van der Waals surface area (Å²) in [6.07, 6.45) is 4.01. The minimum absolute atomic E-state index is 0.0845. The van der Waals surface area contributed by atoms with Crippen molar-refractivity contribution < 1.29 is 19.1 Å². The van der Waals surface area contributed by atoms with Gasteiger partial charge in [0.25, 0.3) is 0 Å². The Hall–Kier alpha value is -1.13. The summed E-state index contributed by atoms with van der Waals surface area (Å²) in [7, 11) is 1.47. The van der Waals surface area contributed by atoms with Crippen LogP contribution in [0.5, 0.6) is 0 Å². The van der Waals surface area contributed by atoms with Gasteiger partial charge in [0.15, 0.2) is 5.78 Å². The quantitative estimate of drug-likeness (QED) is 0.424. The lowest BCUT2D eigenvalue weighted by Crippen LogP contribution is -2.41. The number of carbonyl (C=O) groups excluding carboxylic acids is 2. The van der Waals surface area contributed by atoms with Crippen LogP contribution in [-0.4, -0.2) is 30.0 Å². The molecular formula is C16H21ClO4. The van der Waals surface area contributed by atoms with E-state index in [1.807, 2.05) is 13.8 Å². The summed E-state index contributed by atoms with van der Waals surface area (Å²) < 4.78 is 11.0. The van der Waals surface area contributed by atoms with E-state index in [0.29, 0.717) is 17.6 Å². The first-order chi connectivity index (χ1) is 9.82. The van der Waals surface area contributed by atoms with Crippen molar-refractivity contribution in [3.8, 4) is 0 Å². The van der Waals surface area contributed by atoms with Crippen molar-refractivity contribution in [2.45, 2.75) is 51.2 Å². The Balaban J connectivity index is 2.57. The summed E-state index contributed by atoms with van der Waals surface area (Å²) in [5.41, 5.74) is 1.90. The molecule has 1 aliphatic carbocycles. The van der Waals surface area contributed by atoms with E-state index in [9.17, 15) is 9.59 Å². The largest absolute Gasteiger partial charge is 0.425 e. The highest BCUT2D eigenvalue weighted by Crippen LogP contribution is 2.43. The molecule has 21 heavy (non-hydrogen) atoms. The van der Waals surface area contributed by atoms with Crippen LogP contribution in [0.3, 0.4) is 0 Å². The summed E-state index contributed by atoms with van der Waals surface area (Å²) >= 11 is 6.40. The Bertz CT molecular complexity index is 534. The van der Waals surface area contributed by atoms with Gasteiger partial charge in [-0.05, 0) is 26.7 Å². The van der Waals surface area contributed by atoms with E-state index < -0.39 is 17.1 Å². The van der Waals surface area contributed by atoms with Crippen LogP contribution < -0.4 is 0 Å². The number of alkyl halides is 1. The maximum Gasteiger partial charge on any atom is 0.336 e. The molecule has 0 spiro atoms. The molecule has 2 rings (SSSR count). The molecule has 0 N–H and O–H groups in total. The van der Waals surface area contributed by atoms with Gasteiger partial charge >= 0.3 is 5.97 Å². The average Bonchev–Trinajstić information content (AvgIpc) is 2.68. The molecule has 2 aliphatic rings. The van der Waals surface area contributed by atoms with Crippen LogP contribution in [-0.2, 0) is 19.1 Å². The third-order valence-corrected chi connectivity index (χ3v) is 4.73. The maximum atomic E-state index is 12.5.